The summed E-state index contributed by atoms with van der Waals surface area (Å²) in [5.41, 5.74) is 9.09. The molecule has 10 heterocycles. The van der Waals surface area contributed by atoms with Gasteiger partial charge in [0.1, 0.15) is 65.4 Å². The number of nitrogens with zero attached hydrogens (tertiary/aromatic N) is 12. The number of H-pyrrole nitrogens is 4. The van der Waals surface area contributed by atoms with Crippen molar-refractivity contribution in [1.82, 2.24) is 79.7 Å². The summed E-state index contributed by atoms with van der Waals surface area (Å²) >= 11 is 1.42. The fourth-order valence-electron chi connectivity index (χ4n) is 11.7. The Kier molecular flexibility index (Phi) is 12.5. The van der Waals surface area contributed by atoms with Crippen molar-refractivity contribution in [3.8, 4) is 91.1 Å². The van der Waals surface area contributed by atoms with Crippen LogP contribution >= 0.6 is 0 Å². The van der Waals surface area contributed by atoms with Crippen molar-refractivity contribution < 1.29 is 30.1 Å². The summed E-state index contributed by atoms with van der Waals surface area (Å²) in [6.45, 7) is 0. The molecule has 90 heavy (non-hydrogen) atoms. The molecule has 428 valence electrons. The first kappa shape index (κ1) is 54.2. The van der Waals surface area contributed by atoms with E-state index in [1.165, 1.54) is 40.9 Å². The normalized spacial score (nSPS) is 12.2. The Morgan fingerprint density at radius 1 is 0.256 bits per heavy atom. The van der Waals surface area contributed by atoms with E-state index in [0.717, 1.165) is 54.9 Å². The molecule has 0 amide bonds. The van der Waals surface area contributed by atoms with Crippen LogP contribution in [-0.2, 0) is 20.2 Å². The molecule has 0 atom stereocenters. The summed E-state index contributed by atoms with van der Waals surface area (Å²) < 4.78 is 81.4. The standard InChI is InChI=1S/2C32H18N8O3S.Al.H2O/c2*41-44(42,43)23-15-7-14-22-24(23)32-39-30-21-13-6-5-12-20(21)28(37-30)35-26-17-9-2-1-8-16(17)25(33-26)34-27-18-10-3-4-11-19(18)29(36-27)38-31(22)40-32;;/h2*1-15H,(H,41,42,43)(H2,33,34,35,36,37,38,39,40);;1H2/q;;+3;/p-3. The molecule has 0 saturated heterocycles. The molecule has 0 fully saturated rings. The molecular formula is C64H35AlN16O7S2. The second kappa shape index (κ2) is 20.7. The summed E-state index contributed by atoms with van der Waals surface area (Å²) in [7, 11) is -9.73. The van der Waals surface area contributed by atoms with Gasteiger partial charge in [0.25, 0.3) is 0 Å². The molecule has 23 nitrogen and oxygen atoms in total. The molecule has 4 aliphatic rings. The molecule has 6 aromatic heterocycles. The van der Waals surface area contributed by atoms with Crippen LogP contribution in [0.1, 0.15) is 0 Å². The number of benzene rings is 8. The molecule has 16 bridgehead atoms. The number of hydrogen-bond acceptors (Lipinski definition) is 19. The van der Waals surface area contributed by atoms with Crippen molar-refractivity contribution in [3.05, 3.63) is 182 Å². The van der Waals surface area contributed by atoms with Crippen LogP contribution in [0.5, 0.6) is 0 Å². The predicted octanol–water partition coefficient (Wildman–Crippen LogP) is 10.6. The van der Waals surface area contributed by atoms with Crippen molar-refractivity contribution in [2.24, 2.45) is 0 Å². The molecule has 26 heteroatoms. The first-order valence-corrected chi connectivity index (χ1v) is 30.8. The molecule has 8 aromatic carbocycles. The number of aromatic amines is 4. The van der Waals surface area contributed by atoms with E-state index in [2.05, 4.69) is 19.9 Å². The topological polar surface area (TPSA) is 352 Å². The fraction of sp³-hybridized carbons (Fsp3) is 0. The fourth-order valence-corrected chi connectivity index (χ4v) is 13.1. The number of aromatic nitrogens is 16. The van der Waals surface area contributed by atoms with Crippen molar-refractivity contribution in [3.63, 3.8) is 0 Å². The van der Waals surface area contributed by atoms with E-state index in [9.17, 15) is 25.9 Å². The van der Waals surface area contributed by atoms with E-state index in [4.69, 9.17) is 64.0 Å². The van der Waals surface area contributed by atoms with E-state index in [1.807, 2.05) is 146 Å². The zero-order valence-corrected chi connectivity index (χ0v) is 48.8. The molecule has 4 aliphatic heterocycles. The van der Waals surface area contributed by atoms with Gasteiger partial charge in [0.05, 0.1) is 9.79 Å². The third-order valence-corrected chi connectivity index (χ3v) is 17.4. The van der Waals surface area contributed by atoms with Gasteiger partial charge in [-0.3, -0.25) is 0 Å². The molecule has 5 N–H and O–H groups in total. The van der Waals surface area contributed by atoms with E-state index in [-0.39, 0.29) is 22.1 Å². The molecule has 14 aromatic rings. The second-order valence-corrected chi connectivity index (χ2v) is 23.5. The minimum atomic E-state index is -4.87. The maximum atomic E-state index is 12.4. The Labute approximate surface area is 514 Å². The first-order valence-electron chi connectivity index (χ1n) is 27.5. The van der Waals surface area contributed by atoms with Crippen LogP contribution < -0.4 is 0 Å². The van der Waals surface area contributed by atoms with Gasteiger partial charge in [-0.05, 0) is 12.1 Å². The van der Waals surface area contributed by atoms with Crippen LogP contribution in [-0.4, -0.2) is 126 Å². The van der Waals surface area contributed by atoms with Gasteiger partial charge in [-0.25, -0.2) is 76.6 Å². The Morgan fingerprint density at radius 3 is 0.678 bits per heavy atom. The third kappa shape index (κ3) is 8.89. The number of nitrogens with one attached hydrogen (secondary N) is 4. The van der Waals surface area contributed by atoms with Crippen molar-refractivity contribution >= 4 is 125 Å². The van der Waals surface area contributed by atoms with Crippen LogP contribution in [0, 0.1) is 0 Å². The van der Waals surface area contributed by atoms with Crippen molar-refractivity contribution in [2.45, 2.75) is 9.79 Å². The average molecular weight is 1230 g/mol. The van der Waals surface area contributed by atoms with Gasteiger partial charge in [-0.2, -0.15) is 0 Å². The predicted molar refractivity (Wildman–Crippen MR) is 336 cm³/mol. The number of fused-ring (bicyclic) bond motifs is 40. The van der Waals surface area contributed by atoms with Crippen LogP contribution in [0.3, 0.4) is 0 Å². The molecule has 0 radical (unpaired) electrons. The molecule has 0 saturated carbocycles. The van der Waals surface area contributed by atoms with Crippen LogP contribution in [0.15, 0.2) is 192 Å². The minimum absolute atomic E-state index is 0.122. The van der Waals surface area contributed by atoms with E-state index in [0.29, 0.717) is 102 Å². The first-order chi connectivity index (χ1) is 43.8. The number of rotatable bonds is 2. The Morgan fingerprint density at radius 2 is 0.444 bits per heavy atom. The van der Waals surface area contributed by atoms with Crippen LogP contribution in [0.4, 0.5) is 0 Å². The molecule has 0 unspecified atom stereocenters. The summed E-state index contributed by atoms with van der Waals surface area (Å²) in [6, 6.07) is 54.7. The second-order valence-electron chi connectivity index (χ2n) is 20.8. The maximum absolute atomic E-state index is 12.4. The van der Waals surface area contributed by atoms with Crippen molar-refractivity contribution in [1.29, 1.82) is 0 Å². The summed E-state index contributed by atoms with van der Waals surface area (Å²) in [5.74, 6) is 3.09. The Balaban J connectivity index is 0.000000140. The summed E-state index contributed by atoms with van der Waals surface area (Å²) in [6.07, 6.45) is 0. The summed E-state index contributed by atoms with van der Waals surface area (Å²) in [4.78, 5) is 70.4. The molecule has 0 spiro atoms. The molecule has 0 aliphatic carbocycles. The molecule has 18 rings (SSSR count). The van der Waals surface area contributed by atoms with Crippen molar-refractivity contribution in [2.75, 3.05) is 0 Å². The Hall–Kier alpha value is -11.2. The van der Waals surface area contributed by atoms with Gasteiger partial charge in [0, 0.05) is 87.6 Å². The zero-order valence-electron chi connectivity index (χ0n) is 46.0. The van der Waals surface area contributed by atoms with Gasteiger partial charge in [0.15, 0.2) is 46.6 Å². The zero-order chi connectivity index (χ0) is 61.2. The van der Waals surface area contributed by atoms with Gasteiger partial charge < -0.3 is 29.0 Å². The van der Waals surface area contributed by atoms with Gasteiger partial charge in [-0.1, -0.05) is 170 Å². The number of hydrogen-bond donors (Lipinski definition) is 5. The van der Waals surface area contributed by atoms with Gasteiger partial charge in [-0.15, -0.1) is 0 Å². The van der Waals surface area contributed by atoms with E-state index < -0.39 is 30.0 Å². The Bertz CT molecular complexity index is 5700. The van der Waals surface area contributed by atoms with E-state index in [1.54, 1.807) is 12.1 Å². The average Bonchev–Trinajstić information content (AvgIpc) is 1.65. The van der Waals surface area contributed by atoms with E-state index >= 15 is 0 Å². The monoisotopic (exact) mass is 1230 g/mol. The van der Waals surface area contributed by atoms with Crippen LogP contribution in [0.25, 0.3) is 179 Å². The molecular weight excluding hydrogens is 1200 g/mol. The van der Waals surface area contributed by atoms with Gasteiger partial charge in [0.2, 0.25) is 0 Å². The summed E-state index contributed by atoms with van der Waals surface area (Å²) in [5, 5.41) is 4.49. The van der Waals surface area contributed by atoms with Crippen LogP contribution in [0.2, 0.25) is 0 Å². The third-order valence-electron chi connectivity index (χ3n) is 15.6. The van der Waals surface area contributed by atoms with Gasteiger partial charge >= 0.3 is 20.8 Å². The SMILES string of the molecule is O=S(=O)([O-])c1cccc2c3nc4nc(nc5[nH]c(nc6nc(nc([nH]3)c12)-c1ccccc1-6)c1ccccc51)-c1ccccc1-4.O=S(=O)([O-])c1cccc2c3nc4nc(nc5[nH]c(nc6nc(nc([nH]3)c12)-c1ccccc1-6)c1ccccc51)-c1ccccc1-4.[OH][Al+2]. The quantitative estimate of drug-likeness (QED) is 0.0793.